The number of halogens is 1. The number of nitrogens with two attached hydrogens (primary N) is 1. The molecule has 7 nitrogen and oxygen atoms in total. The van der Waals surface area contributed by atoms with E-state index in [0.717, 1.165) is 41.0 Å². The number of anilines is 2. The fraction of sp³-hybridized carbons (Fsp3) is 0.381. The summed E-state index contributed by atoms with van der Waals surface area (Å²) in [6.07, 6.45) is 4.38. The first kappa shape index (κ1) is 21.1. The molecule has 0 bridgehead atoms. The average Bonchev–Trinajstić information content (AvgIpc) is 2.73. The quantitative estimate of drug-likeness (QED) is 0.661. The topological polar surface area (TPSA) is 97.5 Å². The van der Waals surface area contributed by atoms with Crippen LogP contribution >= 0.6 is 15.9 Å². The smallest absolute Gasteiger partial charge is 0.224 e. The van der Waals surface area contributed by atoms with Crippen LogP contribution < -0.4 is 20.7 Å². The number of aryl methyl sites for hydroxylation is 1. The van der Waals surface area contributed by atoms with Gasteiger partial charge in [-0.15, -0.1) is 0 Å². The Morgan fingerprint density at radius 1 is 1.34 bits per heavy atom. The van der Waals surface area contributed by atoms with Crippen molar-refractivity contribution in [3.63, 3.8) is 0 Å². The number of hydrogen-bond donors (Lipinski definition) is 2. The van der Waals surface area contributed by atoms with Crippen molar-refractivity contribution in [3.05, 3.63) is 46.6 Å². The summed E-state index contributed by atoms with van der Waals surface area (Å²) in [5.41, 5.74) is 7.14. The highest BCUT2D eigenvalue weighted by atomic mass is 79.9. The number of carbonyl (C=O) groups is 2. The van der Waals surface area contributed by atoms with E-state index in [0.29, 0.717) is 25.1 Å². The van der Waals surface area contributed by atoms with Gasteiger partial charge in [0.15, 0.2) is 0 Å². The van der Waals surface area contributed by atoms with E-state index in [1.807, 2.05) is 30.3 Å². The summed E-state index contributed by atoms with van der Waals surface area (Å²) < 4.78 is 6.09. The predicted molar refractivity (Wildman–Crippen MR) is 116 cm³/mol. The van der Waals surface area contributed by atoms with Crippen molar-refractivity contribution < 1.29 is 14.3 Å². The molecule has 1 atom stereocenters. The zero-order valence-electron chi connectivity index (χ0n) is 16.4. The minimum absolute atomic E-state index is 0.0711. The summed E-state index contributed by atoms with van der Waals surface area (Å²) in [6, 6.07) is 9.48. The minimum Gasteiger partial charge on any atom is -0.496 e. The third-order valence-corrected chi connectivity index (χ3v) is 5.66. The molecule has 3 rings (SSSR count). The maximum absolute atomic E-state index is 12.3. The standard InChI is InChI=1S/C21H25BrN4O3/c1-29-18-7-4-14(11-17(18)22)5-9-20(27)25-16-6-8-19(24-12-16)26-10-2-3-15(13-26)21(23)28/h4,6-8,11-12,15H,2-3,5,9-10,13H2,1H3,(H2,23,28)(H,25,27). The first-order valence-corrected chi connectivity index (χ1v) is 10.4. The number of piperidine rings is 1. The summed E-state index contributed by atoms with van der Waals surface area (Å²) in [4.78, 5) is 30.2. The third-order valence-electron chi connectivity index (χ3n) is 5.04. The molecule has 29 heavy (non-hydrogen) atoms. The van der Waals surface area contributed by atoms with Crippen LogP contribution in [0.3, 0.4) is 0 Å². The third kappa shape index (κ3) is 5.69. The number of nitrogens with one attached hydrogen (secondary N) is 1. The molecule has 2 amide bonds. The van der Waals surface area contributed by atoms with Gasteiger partial charge in [0.2, 0.25) is 11.8 Å². The van der Waals surface area contributed by atoms with E-state index in [2.05, 4.69) is 31.1 Å². The van der Waals surface area contributed by atoms with Gasteiger partial charge in [-0.1, -0.05) is 6.07 Å². The van der Waals surface area contributed by atoms with Gasteiger partial charge >= 0.3 is 0 Å². The molecule has 8 heteroatoms. The zero-order chi connectivity index (χ0) is 20.8. The molecule has 1 aromatic heterocycles. The number of benzene rings is 1. The minimum atomic E-state index is -0.262. The molecule has 1 aliphatic rings. The van der Waals surface area contributed by atoms with Gasteiger partial charge in [0.05, 0.1) is 29.4 Å². The lowest BCUT2D eigenvalue weighted by Crippen LogP contribution is -2.41. The Morgan fingerprint density at radius 2 is 2.17 bits per heavy atom. The molecule has 1 aliphatic heterocycles. The van der Waals surface area contributed by atoms with Crippen molar-refractivity contribution in [2.75, 3.05) is 30.4 Å². The normalized spacial score (nSPS) is 16.3. The van der Waals surface area contributed by atoms with Crippen molar-refractivity contribution in [2.24, 2.45) is 11.7 Å². The number of amides is 2. The highest BCUT2D eigenvalue weighted by Gasteiger charge is 2.24. The number of carbonyl (C=O) groups excluding carboxylic acids is 2. The lowest BCUT2D eigenvalue weighted by atomic mass is 9.97. The Hall–Kier alpha value is -2.61. The molecule has 0 radical (unpaired) electrons. The lowest BCUT2D eigenvalue weighted by molar-refractivity contribution is -0.122. The Balaban J connectivity index is 1.52. The van der Waals surface area contributed by atoms with E-state index in [4.69, 9.17) is 10.5 Å². The molecule has 0 aliphatic carbocycles. The highest BCUT2D eigenvalue weighted by Crippen LogP contribution is 2.26. The van der Waals surface area contributed by atoms with E-state index >= 15 is 0 Å². The number of methoxy groups -OCH3 is 1. The molecule has 1 saturated heterocycles. The molecular weight excluding hydrogens is 436 g/mol. The Bertz CT molecular complexity index is 873. The van der Waals surface area contributed by atoms with Gasteiger partial charge in [-0.05, 0) is 65.0 Å². The maximum Gasteiger partial charge on any atom is 0.224 e. The Labute approximate surface area is 178 Å². The van der Waals surface area contributed by atoms with Crippen LogP contribution in [-0.4, -0.2) is 37.0 Å². The first-order chi connectivity index (χ1) is 14.0. The van der Waals surface area contributed by atoms with E-state index in [1.165, 1.54) is 0 Å². The largest absolute Gasteiger partial charge is 0.496 e. The summed E-state index contributed by atoms with van der Waals surface area (Å²) in [5, 5.41) is 2.88. The molecular formula is C21H25BrN4O3. The number of hydrogen-bond acceptors (Lipinski definition) is 5. The predicted octanol–water partition coefficient (Wildman–Crippen LogP) is 3.13. The molecule has 0 spiro atoms. The number of ether oxygens (including phenoxy) is 1. The molecule has 2 aromatic rings. The van der Waals surface area contributed by atoms with Crippen molar-refractivity contribution in [2.45, 2.75) is 25.7 Å². The fourth-order valence-corrected chi connectivity index (χ4v) is 4.00. The van der Waals surface area contributed by atoms with Crippen molar-refractivity contribution in [3.8, 4) is 5.75 Å². The summed E-state index contributed by atoms with van der Waals surface area (Å²) >= 11 is 3.46. The van der Waals surface area contributed by atoms with Crippen LogP contribution in [0.2, 0.25) is 0 Å². The molecule has 1 unspecified atom stereocenters. The molecule has 2 heterocycles. The van der Waals surface area contributed by atoms with Crippen LogP contribution in [0.1, 0.15) is 24.8 Å². The van der Waals surface area contributed by atoms with E-state index in [-0.39, 0.29) is 17.7 Å². The zero-order valence-corrected chi connectivity index (χ0v) is 17.9. The molecule has 1 fully saturated rings. The second kappa shape index (κ2) is 9.73. The molecule has 0 saturated carbocycles. The highest BCUT2D eigenvalue weighted by molar-refractivity contribution is 9.10. The Morgan fingerprint density at radius 3 is 2.83 bits per heavy atom. The summed E-state index contributed by atoms with van der Waals surface area (Å²) in [6.45, 7) is 1.44. The van der Waals surface area contributed by atoms with E-state index in [9.17, 15) is 9.59 Å². The van der Waals surface area contributed by atoms with Gasteiger partial charge in [0.1, 0.15) is 11.6 Å². The van der Waals surface area contributed by atoms with Gasteiger partial charge in [0.25, 0.3) is 0 Å². The molecule has 1 aromatic carbocycles. The van der Waals surface area contributed by atoms with Gasteiger partial charge in [-0.3, -0.25) is 9.59 Å². The monoisotopic (exact) mass is 460 g/mol. The van der Waals surface area contributed by atoms with Gasteiger partial charge in [-0.25, -0.2) is 4.98 Å². The molecule has 154 valence electrons. The number of nitrogens with zero attached hydrogens (tertiary/aromatic N) is 2. The first-order valence-electron chi connectivity index (χ1n) is 9.59. The van der Waals surface area contributed by atoms with Crippen LogP contribution in [-0.2, 0) is 16.0 Å². The Kier molecular flexibility index (Phi) is 7.09. The second-order valence-corrected chi connectivity index (χ2v) is 7.96. The van der Waals surface area contributed by atoms with Crippen LogP contribution in [0.25, 0.3) is 0 Å². The SMILES string of the molecule is COc1ccc(CCC(=O)Nc2ccc(N3CCCC(C(N)=O)C3)nc2)cc1Br. The number of aromatic nitrogens is 1. The maximum atomic E-state index is 12.3. The van der Waals surface area contributed by atoms with Crippen LogP contribution in [0.15, 0.2) is 41.0 Å². The van der Waals surface area contributed by atoms with Gasteiger partial charge in [-0.2, -0.15) is 0 Å². The number of primary amides is 1. The van der Waals surface area contributed by atoms with Crippen LogP contribution in [0, 0.1) is 5.92 Å². The van der Waals surface area contributed by atoms with Crippen molar-refractivity contribution in [1.29, 1.82) is 0 Å². The number of rotatable bonds is 7. The number of pyridine rings is 1. The van der Waals surface area contributed by atoms with E-state index < -0.39 is 0 Å². The van der Waals surface area contributed by atoms with Crippen LogP contribution in [0.5, 0.6) is 5.75 Å². The second-order valence-electron chi connectivity index (χ2n) is 7.11. The fourth-order valence-electron chi connectivity index (χ4n) is 3.41. The molecule has 3 N–H and O–H groups in total. The summed E-state index contributed by atoms with van der Waals surface area (Å²) in [5.74, 6) is 1.08. The lowest BCUT2D eigenvalue weighted by Gasteiger charge is -2.32. The van der Waals surface area contributed by atoms with Crippen LogP contribution in [0.4, 0.5) is 11.5 Å². The van der Waals surface area contributed by atoms with Crippen molar-refractivity contribution >= 4 is 39.2 Å². The average molecular weight is 461 g/mol. The van der Waals surface area contributed by atoms with Gasteiger partial charge < -0.3 is 20.7 Å². The van der Waals surface area contributed by atoms with E-state index in [1.54, 1.807) is 13.3 Å². The van der Waals surface area contributed by atoms with Gasteiger partial charge in [0, 0.05) is 19.5 Å². The summed E-state index contributed by atoms with van der Waals surface area (Å²) in [7, 11) is 1.62. The van der Waals surface area contributed by atoms with Crippen molar-refractivity contribution in [1.82, 2.24) is 4.98 Å².